The first-order chi connectivity index (χ1) is 40.5. The van der Waals surface area contributed by atoms with E-state index in [-0.39, 0.29) is 0 Å². The van der Waals surface area contributed by atoms with E-state index in [0.717, 1.165) is 92.3 Å². The molecule has 14 aromatic rings. The van der Waals surface area contributed by atoms with Crippen LogP contribution in [0.5, 0.6) is 0 Å². The van der Waals surface area contributed by atoms with Crippen molar-refractivity contribution in [3.63, 3.8) is 0 Å². The van der Waals surface area contributed by atoms with Gasteiger partial charge in [0.05, 0.1) is 61.6 Å². The number of anilines is 8. The zero-order chi connectivity index (χ0) is 54.8. The molecule has 1 aliphatic rings. The summed E-state index contributed by atoms with van der Waals surface area (Å²) in [7, 11) is 0. The van der Waals surface area contributed by atoms with Gasteiger partial charge in [-0.25, -0.2) is 0 Å². The van der Waals surface area contributed by atoms with Crippen molar-refractivity contribution in [2.75, 3.05) is 14.7 Å². The van der Waals surface area contributed by atoms with Crippen molar-refractivity contribution < 1.29 is 0 Å². The molecule has 82 heavy (non-hydrogen) atoms. The van der Waals surface area contributed by atoms with Gasteiger partial charge in [0.15, 0.2) is 0 Å². The van der Waals surface area contributed by atoms with Gasteiger partial charge in [-0.2, -0.15) is 0 Å². The summed E-state index contributed by atoms with van der Waals surface area (Å²) < 4.78 is 4.66. The number of benzene rings is 12. The highest BCUT2D eigenvalue weighted by atomic mass is 35.5. The van der Waals surface area contributed by atoms with E-state index in [1.807, 2.05) is 0 Å². The van der Waals surface area contributed by atoms with Gasteiger partial charge in [-0.3, -0.25) is 0 Å². The molecule has 396 valence electrons. The maximum absolute atomic E-state index is 8.21. The second-order valence-electron chi connectivity index (χ2n) is 22.0. The lowest BCUT2D eigenvalue weighted by Crippen LogP contribution is -2.44. The number of aryl methyl sites for hydroxylation is 1. The third-order valence-electron chi connectivity index (χ3n) is 17.6. The molecule has 15 rings (SSSR count). The standard InChI is InChI=1S/C76H60ClN5/c1-3-51-39-42-57(43-40-51)80(65-44-41-52(65)4-2)58-49-74(78-47-45-63-66(78)31-17-37-72(63)81(68-33-13-23-53-19-5-9-27-59(53)68)69-34-14-24-54-20-6-10-28-60(54)69)76(77)75(50-58)79-48-46-64-67(79)32-18-38-73(64)82(70-35-15-25-55-21-7-11-29-61(55)70)71-36-16-26-56-22-8-12-30-62(56)71/h5-40,42-43,45-50,52,65H,3-4,41,44H2,1-2H3/t52?,65-/m0/s1. The second kappa shape index (κ2) is 20.5. The minimum atomic E-state index is 0.324. The second-order valence-corrected chi connectivity index (χ2v) is 22.3. The Hall–Kier alpha value is -9.55. The predicted octanol–water partition coefficient (Wildman–Crippen LogP) is 21.7. The van der Waals surface area contributed by atoms with Crippen LogP contribution in [-0.2, 0) is 6.42 Å². The summed E-state index contributed by atoms with van der Waals surface area (Å²) in [5.41, 5.74) is 14.2. The summed E-state index contributed by atoms with van der Waals surface area (Å²) in [5, 5.41) is 12.4. The molecule has 2 heterocycles. The fraction of sp³-hybridized carbons (Fsp3) is 0.105. The summed E-state index contributed by atoms with van der Waals surface area (Å²) in [6.45, 7) is 4.58. The zero-order valence-corrected chi connectivity index (χ0v) is 46.8. The molecule has 0 radical (unpaired) electrons. The monoisotopic (exact) mass is 1080 g/mol. The number of nitrogens with zero attached hydrogens (tertiary/aromatic N) is 5. The van der Waals surface area contributed by atoms with Gasteiger partial charge in [-0.05, 0) is 137 Å². The van der Waals surface area contributed by atoms with Crippen LogP contribution in [0.1, 0.15) is 38.7 Å². The molecule has 2 atom stereocenters. The number of hydrogen-bond donors (Lipinski definition) is 0. The molecule has 1 saturated carbocycles. The lowest BCUT2D eigenvalue weighted by molar-refractivity contribution is 0.247. The number of fused-ring (bicyclic) bond motifs is 6. The molecule has 12 aromatic carbocycles. The quantitative estimate of drug-likeness (QED) is 0.115. The van der Waals surface area contributed by atoms with Gasteiger partial charge >= 0.3 is 0 Å². The number of hydrogen-bond acceptors (Lipinski definition) is 3. The van der Waals surface area contributed by atoms with E-state index in [4.69, 9.17) is 11.6 Å². The van der Waals surface area contributed by atoms with E-state index in [1.54, 1.807) is 0 Å². The fourth-order valence-corrected chi connectivity index (χ4v) is 13.7. The molecule has 6 heteroatoms. The fourth-order valence-electron chi connectivity index (χ4n) is 13.4. The minimum Gasteiger partial charge on any atom is -0.338 e. The molecular formula is C76H60ClN5. The Bertz CT molecular complexity index is 4300. The lowest BCUT2D eigenvalue weighted by atomic mass is 9.76. The SMILES string of the molecule is CCc1ccc(N(c2cc(-n3ccc4c(N(c5cccc6ccccc56)c5cccc6ccccc56)cccc43)c(Cl)c(-n3ccc4c(N(c5cccc6ccccc56)c5cccc6ccccc56)cccc43)c2)[C@H]2CCC2CC)cc1. The van der Waals surface area contributed by atoms with Crippen molar-refractivity contribution in [3.05, 3.63) is 278 Å². The number of rotatable bonds is 13. The van der Waals surface area contributed by atoms with Crippen LogP contribution in [0.15, 0.2) is 267 Å². The van der Waals surface area contributed by atoms with Crippen LogP contribution >= 0.6 is 11.6 Å². The molecule has 0 saturated heterocycles. The summed E-state index contributed by atoms with van der Waals surface area (Å²) in [6, 6.07) is 93.7. The van der Waals surface area contributed by atoms with Gasteiger partial charge in [-0.1, -0.05) is 202 Å². The molecule has 5 nitrogen and oxygen atoms in total. The van der Waals surface area contributed by atoms with E-state index in [9.17, 15) is 0 Å². The van der Waals surface area contributed by atoms with Gasteiger partial charge < -0.3 is 23.8 Å². The Morgan fingerprint density at radius 3 is 1.11 bits per heavy atom. The number of aromatic nitrogens is 2. The maximum atomic E-state index is 8.21. The molecule has 0 amide bonds. The third-order valence-corrected chi connectivity index (χ3v) is 18.0. The van der Waals surface area contributed by atoms with Crippen molar-refractivity contribution in [2.24, 2.45) is 5.92 Å². The first kappa shape index (κ1) is 49.5. The van der Waals surface area contributed by atoms with E-state index in [2.05, 4.69) is 305 Å². The Kier molecular flexibility index (Phi) is 12.4. The van der Waals surface area contributed by atoms with Crippen LogP contribution in [0, 0.1) is 5.92 Å². The zero-order valence-electron chi connectivity index (χ0n) is 46.0. The minimum absolute atomic E-state index is 0.324. The molecule has 0 N–H and O–H groups in total. The van der Waals surface area contributed by atoms with E-state index in [0.29, 0.717) is 17.0 Å². The highest BCUT2D eigenvalue weighted by Crippen LogP contribution is 2.50. The average Bonchev–Trinajstić information content (AvgIpc) is 3.53. The van der Waals surface area contributed by atoms with Crippen LogP contribution in [-0.4, -0.2) is 15.2 Å². The molecular weight excluding hydrogens is 1020 g/mol. The van der Waals surface area contributed by atoms with Crippen LogP contribution < -0.4 is 14.7 Å². The molecule has 0 spiro atoms. The smallest absolute Gasteiger partial charge is 0.0888 e. The van der Waals surface area contributed by atoms with E-state index >= 15 is 0 Å². The average molecular weight is 1080 g/mol. The van der Waals surface area contributed by atoms with Crippen LogP contribution in [0.25, 0.3) is 76.3 Å². The topological polar surface area (TPSA) is 19.6 Å². The molecule has 1 aliphatic carbocycles. The predicted molar refractivity (Wildman–Crippen MR) is 349 cm³/mol. The van der Waals surface area contributed by atoms with Gasteiger partial charge in [-0.15, -0.1) is 0 Å². The van der Waals surface area contributed by atoms with Gasteiger partial charge in [0.2, 0.25) is 0 Å². The lowest BCUT2D eigenvalue weighted by Gasteiger charge is -2.46. The van der Waals surface area contributed by atoms with Gasteiger partial charge in [0, 0.05) is 62.1 Å². The van der Waals surface area contributed by atoms with Gasteiger partial charge in [0.1, 0.15) is 0 Å². The largest absolute Gasteiger partial charge is 0.338 e. The summed E-state index contributed by atoms with van der Waals surface area (Å²) in [6.07, 6.45) is 8.88. The first-order valence-corrected chi connectivity index (χ1v) is 29.3. The summed E-state index contributed by atoms with van der Waals surface area (Å²) in [5.74, 6) is 0.557. The van der Waals surface area contributed by atoms with Crippen molar-refractivity contribution >= 4 is 122 Å². The van der Waals surface area contributed by atoms with Gasteiger partial charge in [0.25, 0.3) is 0 Å². The summed E-state index contributed by atoms with van der Waals surface area (Å²) >= 11 is 8.21. The maximum Gasteiger partial charge on any atom is 0.0888 e. The molecule has 1 unspecified atom stereocenters. The van der Waals surface area contributed by atoms with E-state index < -0.39 is 0 Å². The van der Waals surface area contributed by atoms with E-state index in [1.165, 1.54) is 60.8 Å². The van der Waals surface area contributed by atoms with Crippen LogP contribution in [0.3, 0.4) is 0 Å². The first-order valence-electron chi connectivity index (χ1n) is 29.0. The van der Waals surface area contributed by atoms with Crippen molar-refractivity contribution in [1.82, 2.24) is 9.13 Å². The van der Waals surface area contributed by atoms with Crippen molar-refractivity contribution in [2.45, 2.75) is 45.6 Å². The highest BCUT2D eigenvalue weighted by Gasteiger charge is 2.36. The Balaban J connectivity index is 0.965. The Labute approximate surface area is 483 Å². The highest BCUT2D eigenvalue weighted by molar-refractivity contribution is 6.34. The Morgan fingerprint density at radius 1 is 0.378 bits per heavy atom. The number of halogens is 1. The Morgan fingerprint density at radius 2 is 0.744 bits per heavy atom. The van der Waals surface area contributed by atoms with Crippen LogP contribution in [0.4, 0.5) is 45.5 Å². The summed E-state index contributed by atoms with van der Waals surface area (Å²) in [4.78, 5) is 7.56. The van der Waals surface area contributed by atoms with Crippen molar-refractivity contribution in [3.8, 4) is 11.4 Å². The molecule has 1 fully saturated rings. The van der Waals surface area contributed by atoms with Crippen molar-refractivity contribution in [1.29, 1.82) is 0 Å². The van der Waals surface area contributed by atoms with Crippen LogP contribution in [0.2, 0.25) is 5.02 Å². The molecule has 0 bridgehead atoms. The molecule has 2 aromatic heterocycles. The normalized spacial score (nSPS) is 14.3. The third kappa shape index (κ3) is 8.21. The molecule has 0 aliphatic heterocycles.